The molecule has 3 rings (SSSR count). The molecule has 4 nitrogen and oxygen atoms in total. The number of methoxy groups -OCH3 is 1. The first-order valence-electron chi connectivity index (χ1n) is 8.73. The van der Waals surface area contributed by atoms with Gasteiger partial charge in [-0.25, -0.2) is 0 Å². The van der Waals surface area contributed by atoms with Crippen molar-refractivity contribution in [3.8, 4) is 0 Å². The minimum atomic E-state index is 0.0307. The third kappa shape index (κ3) is 4.34. The number of nitrogens with zero attached hydrogens (tertiary/aromatic N) is 1. The molecule has 128 valence electrons. The van der Waals surface area contributed by atoms with E-state index in [4.69, 9.17) is 4.74 Å². The van der Waals surface area contributed by atoms with Crippen LogP contribution in [0, 0.1) is 5.92 Å². The summed E-state index contributed by atoms with van der Waals surface area (Å²) in [4.78, 5) is 16.9. The maximum absolute atomic E-state index is 11.8. The van der Waals surface area contributed by atoms with E-state index in [-0.39, 0.29) is 11.7 Å². The largest absolute Gasteiger partial charge is 0.377 e. The lowest BCUT2D eigenvalue weighted by molar-refractivity contribution is 0.0628. The fourth-order valence-electron chi connectivity index (χ4n) is 3.54. The number of H-pyrrole nitrogens is 1. The number of nitrogens with one attached hydrogen (secondary N) is 1. The fraction of sp³-hybridized carbons (Fsp3) is 0.450. The summed E-state index contributed by atoms with van der Waals surface area (Å²) in [6, 6.07) is 14.3. The number of aromatic nitrogens is 1. The average Bonchev–Trinajstić information content (AvgIpc) is 2.64. The summed E-state index contributed by atoms with van der Waals surface area (Å²) in [5.41, 5.74) is 2.15. The van der Waals surface area contributed by atoms with Crippen molar-refractivity contribution in [3.63, 3.8) is 0 Å². The molecular weight excluding hydrogens is 300 g/mol. The Labute approximate surface area is 143 Å². The normalized spacial score (nSPS) is 17.7. The molecule has 24 heavy (non-hydrogen) atoms. The Morgan fingerprint density at radius 1 is 1.17 bits per heavy atom. The van der Waals surface area contributed by atoms with Crippen LogP contribution < -0.4 is 5.56 Å². The molecule has 1 aromatic carbocycles. The second kappa shape index (κ2) is 8.27. The van der Waals surface area contributed by atoms with E-state index in [2.05, 4.69) is 34.1 Å². The Balaban J connectivity index is 1.51. The summed E-state index contributed by atoms with van der Waals surface area (Å²) in [5, 5.41) is 0. The van der Waals surface area contributed by atoms with Crippen molar-refractivity contribution in [1.29, 1.82) is 0 Å². The smallest absolute Gasteiger partial charge is 0.252 e. The summed E-state index contributed by atoms with van der Waals surface area (Å²) in [5.74, 6) is 0.681. The van der Waals surface area contributed by atoms with Crippen LogP contribution in [0.4, 0.5) is 0 Å². The summed E-state index contributed by atoms with van der Waals surface area (Å²) >= 11 is 0. The average molecular weight is 326 g/mol. The summed E-state index contributed by atoms with van der Waals surface area (Å²) in [7, 11) is 1.80. The lowest BCUT2D eigenvalue weighted by Crippen LogP contribution is -2.35. The molecule has 1 aromatic heterocycles. The van der Waals surface area contributed by atoms with Gasteiger partial charge in [0.2, 0.25) is 0 Å². The van der Waals surface area contributed by atoms with Crippen molar-refractivity contribution in [3.05, 3.63) is 70.1 Å². The molecule has 2 heterocycles. The number of rotatable bonds is 6. The van der Waals surface area contributed by atoms with Crippen molar-refractivity contribution in [2.45, 2.75) is 31.9 Å². The lowest BCUT2D eigenvalue weighted by atomic mass is 9.89. The van der Waals surface area contributed by atoms with Gasteiger partial charge in [-0.2, -0.15) is 0 Å². The van der Waals surface area contributed by atoms with Gasteiger partial charge in [0.05, 0.1) is 6.10 Å². The first-order chi connectivity index (χ1) is 11.8. The number of hydrogen-bond donors (Lipinski definition) is 1. The highest BCUT2D eigenvalue weighted by molar-refractivity contribution is 5.17. The van der Waals surface area contributed by atoms with Crippen LogP contribution in [0.5, 0.6) is 0 Å². The molecule has 0 radical (unpaired) electrons. The first kappa shape index (κ1) is 16.9. The van der Waals surface area contributed by atoms with E-state index < -0.39 is 0 Å². The van der Waals surface area contributed by atoms with Gasteiger partial charge in [-0.3, -0.25) is 9.69 Å². The van der Waals surface area contributed by atoms with Gasteiger partial charge in [-0.1, -0.05) is 36.4 Å². The minimum absolute atomic E-state index is 0.0307. The molecule has 0 spiro atoms. The zero-order chi connectivity index (χ0) is 16.8. The van der Waals surface area contributed by atoms with E-state index >= 15 is 0 Å². The molecule has 0 amide bonds. The topological polar surface area (TPSA) is 45.3 Å². The molecule has 1 atom stereocenters. The first-order valence-corrected chi connectivity index (χ1v) is 8.73. The maximum atomic E-state index is 11.8. The van der Waals surface area contributed by atoms with Crippen LogP contribution in [0.3, 0.4) is 0 Å². The van der Waals surface area contributed by atoms with Crippen LogP contribution >= 0.6 is 0 Å². The highest BCUT2D eigenvalue weighted by Crippen LogP contribution is 2.30. The van der Waals surface area contributed by atoms with Crippen LogP contribution in [-0.4, -0.2) is 30.1 Å². The molecule has 2 aromatic rings. The summed E-state index contributed by atoms with van der Waals surface area (Å²) < 4.78 is 5.72. The molecule has 1 saturated heterocycles. The van der Waals surface area contributed by atoms with Gasteiger partial charge in [-0.15, -0.1) is 0 Å². The van der Waals surface area contributed by atoms with Gasteiger partial charge >= 0.3 is 0 Å². The van der Waals surface area contributed by atoms with E-state index in [1.165, 1.54) is 5.56 Å². The standard InChI is InChI=1S/C20H26N2O2/c1-24-19(17-6-3-2-4-7-17)14-16-9-12-22(13-10-16)15-18-8-5-11-21-20(18)23/h2-8,11,16,19H,9-10,12-15H2,1H3,(H,21,23). The predicted molar refractivity (Wildman–Crippen MR) is 95.9 cm³/mol. The van der Waals surface area contributed by atoms with E-state index in [0.717, 1.165) is 44.5 Å². The second-order valence-electron chi connectivity index (χ2n) is 6.61. The Morgan fingerprint density at radius 2 is 1.92 bits per heavy atom. The number of benzene rings is 1. The molecule has 4 heteroatoms. The molecule has 0 bridgehead atoms. The molecule has 1 aliphatic rings. The summed E-state index contributed by atoms with van der Waals surface area (Å²) in [6.45, 7) is 2.84. The minimum Gasteiger partial charge on any atom is -0.377 e. The summed E-state index contributed by atoms with van der Waals surface area (Å²) in [6.07, 6.45) is 5.27. The van der Waals surface area contributed by atoms with Crippen molar-refractivity contribution in [2.24, 2.45) is 5.92 Å². The highest BCUT2D eigenvalue weighted by atomic mass is 16.5. The monoisotopic (exact) mass is 326 g/mol. The molecule has 1 unspecified atom stereocenters. The Hall–Kier alpha value is -1.91. The molecule has 0 saturated carbocycles. The van der Waals surface area contributed by atoms with E-state index in [0.29, 0.717) is 5.92 Å². The molecule has 1 fully saturated rings. The maximum Gasteiger partial charge on any atom is 0.252 e. The second-order valence-corrected chi connectivity index (χ2v) is 6.61. The number of likely N-dealkylation sites (tertiary alicyclic amines) is 1. The van der Waals surface area contributed by atoms with Gasteiger partial charge in [0.1, 0.15) is 0 Å². The number of aromatic amines is 1. The number of hydrogen-bond acceptors (Lipinski definition) is 3. The van der Waals surface area contributed by atoms with Gasteiger partial charge in [0.15, 0.2) is 0 Å². The molecule has 1 aliphatic heterocycles. The van der Waals surface area contributed by atoms with E-state index in [9.17, 15) is 4.79 Å². The van der Waals surface area contributed by atoms with Crippen molar-refractivity contribution >= 4 is 0 Å². The Morgan fingerprint density at radius 3 is 2.58 bits per heavy atom. The fourth-order valence-corrected chi connectivity index (χ4v) is 3.54. The lowest BCUT2D eigenvalue weighted by Gasteiger charge is -2.33. The molecule has 1 N–H and O–H groups in total. The zero-order valence-corrected chi connectivity index (χ0v) is 14.3. The van der Waals surface area contributed by atoms with Crippen LogP contribution in [0.2, 0.25) is 0 Å². The van der Waals surface area contributed by atoms with Gasteiger partial charge in [0, 0.05) is 25.4 Å². The number of piperidine rings is 1. The SMILES string of the molecule is COC(CC1CCN(Cc2ccc[nH]c2=O)CC1)c1ccccc1. The number of pyridine rings is 1. The Bertz CT molecular complexity index is 675. The Kier molecular flexibility index (Phi) is 5.83. The third-order valence-corrected chi connectivity index (χ3v) is 5.00. The van der Waals surface area contributed by atoms with Crippen LogP contribution in [-0.2, 0) is 11.3 Å². The molecule has 0 aliphatic carbocycles. The zero-order valence-electron chi connectivity index (χ0n) is 14.3. The van der Waals surface area contributed by atoms with E-state index in [1.807, 2.05) is 18.2 Å². The van der Waals surface area contributed by atoms with Crippen molar-refractivity contribution in [1.82, 2.24) is 9.88 Å². The van der Waals surface area contributed by atoms with Crippen LogP contribution in [0.1, 0.15) is 36.5 Å². The van der Waals surface area contributed by atoms with Gasteiger partial charge < -0.3 is 9.72 Å². The van der Waals surface area contributed by atoms with E-state index in [1.54, 1.807) is 13.3 Å². The predicted octanol–water partition coefficient (Wildman–Crippen LogP) is 3.36. The van der Waals surface area contributed by atoms with Gasteiger partial charge in [-0.05, 0) is 49.9 Å². The third-order valence-electron chi connectivity index (χ3n) is 5.00. The van der Waals surface area contributed by atoms with Crippen LogP contribution in [0.25, 0.3) is 0 Å². The molecular formula is C20H26N2O2. The quantitative estimate of drug-likeness (QED) is 0.885. The number of ether oxygens (including phenoxy) is 1. The van der Waals surface area contributed by atoms with Crippen molar-refractivity contribution < 1.29 is 4.74 Å². The van der Waals surface area contributed by atoms with Gasteiger partial charge in [0.25, 0.3) is 5.56 Å². The van der Waals surface area contributed by atoms with Crippen LogP contribution in [0.15, 0.2) is 53.5 Å². The van der Waals surface area contributed by atoms with Crippen molar-refractivity contribution in [2.75, 3.05) is 20.2 Å². The highest BCUT2D eigenvalue weighted by Gasteiger charge is 2.23.